The predicted octanol–water partition coefficient (Wildman–Crippen LogP) is 0.884. The molecular weight excluding hydrogens is 268 g/mol. The molecule has 2 heterocycles. The molecule has 1 aromatic rings. The zero-order valence-electron chi connectivity index (χ0n) is 12.8. The summed E-state index contributed by atoms with van der Waals surface area (Å²) in [7, 11) is 0. The number of amides is 1. The molecule has 6 heteroatoms. The lowest BCUT2D eigenvalue weighted by atomic mass is 10.2. The molecule has 0 radical (unpaired) electrons. The third kappa shape index (κ3) is 4.99. The van der Waals surface area contributed by atoms with E-state index in [1.807, 2.05) is 19.9 Å². The molecule has 0 spiro atoms. The number of carbonyl (C=O) groups excluding carboxylic acids is 1. The smallest absolute Gasteiger partial charge is 0.251 e. The molecule has 1 aromatic heterocycles. The molecule has 0 saturated carbocycles. The summed E-state index contributed by atoms with van der Waals surface area (Å²) < 4.78 is 5.30. The molecule has 0 unspecified atom stereocenters. The number of anilines is 1. The van der Waals surface area contributed by atoms with Gasteiger partial charge in [-0.25, -0.2) is 4.98 Å². The zero-order chi connectivity index (χ0) is 15.1. The number of nitrogens with zero attached hydrogens (tertiary/aromatic N) is 2. The SMILES string of the molecule is CCNc1cc(C(=O)NCCN2CCOCC2)cc(C)n1. The number of rotatable bonds is 6. The van der Waals surface area contributed by atoms with Gasteiger partial charge < -0.3 is 15.4 Å². The first kappa shape index (κ1) is 15.7. The van der Waals surface area contributed by atoms with Crippen molar-refractivity contribution in [2.75, 3.05) is 51.3 Å². The number of aryl methyl sites for hydroxylation is 1. The third-order valence-corrected chi connectivity index (χ3v) is 3.39. The van der Waals surface area contributed by atoms with Gasteiger partial charge in [-0.15, -0.1) is 0 Å². The Kier molecular flexibility index (Phi) is 5.95. The normalized spacial score (nSPS) is 15.7. The minimum atomic E-state index is -0.0482. The first-order valence-electron chi connectivity index (χ1n) is 7.50. The van der Waals surface area contributed by atoms with E-state index in [1.54, 1.807) is 6.07 Å². The first-order valence-corrected chi connectivity index (χ1v) is 7.50. The first-order chi connectivity index (χ1) is 10.2. The van der Waals surface area contributed by atoms with Crippen LogP contribution < -0.4 is 10.6 Å². The molecule has 1 amide bonds. The molecule has 0 aromatic carbocycles. The van der Waals surface area contributed by atoms with Crippen LogP contribution in [0.15, 0.2) is 12.1 Å². The molecule has 1 aliphatic rings. The van der Waals surface area contributed by atoms with E-state index in [1.165, 1.54) is 0 Å². The monoisotopic (exact) mass is 292 g/mol. The van der Waals surface area contributed by atoms with Crippen LogP contribution >= 0.6 is 0 Å². The molecule has 1 fully saturated rings. The Morgan fingerprint density at radius 1 is 1.38 bits per heavy atom. The fraction of sp³-hybridized carbons (Fsp3) is 0.600. The molecular formula is C15H24N4O2. The van der Waals surface area contributed by atoms with Crippen LogP contribution in [0.4, 0.5) is 5.82 Å². The van der Waals surface area contributed by atoms with E-state index >= 15 is 0 Å². The fourth-order valence-corrected chi connectivity index (χ4v) is 2.33. The van der Waals surface area contributed by atoms with Crippen molar-refractivity contribution < 1.29 is 9.53 Å². The van der Waals surface area contributed by atoms with Gasteiger partial charge in [-0.05, 0) is 26.0 Å². The average Bonchev–Trinajstić information content (AvgIpc) is 2.48. The average molecular weight is 292 g/mol. The highest BCUT2D eigenvalue weighted by Gasteiger charge is 2.11. The number of aromatic nitrogens is 1. The van der Waals surface area contributed by atoms with Gasteiger partial charge in [-0.3, -0.25) is 9.69 Å². The van der Waals surface area contributed by atoms with Crippen molar-refractivity contribution in [2.24, 2.45) is 0 Å². The van der Waals surface area contributed by atoms with E-state index in [-0.39, 0.29) is 5.91 Å². The quantitative estimate of drug-likeness (QED) is 0.815. The Morgan fingerprint density at radius 2 is 2.14 bits per heavy atom. The van der Waals surface area contributed by atoms with Gasteiger partial charge >= 0.3 is 0 Å². The number of morpholine rings is 1. The fourth-order valence-electron chi connectivity index (χ4n) is 2.33. The van der Waals surface area contributed by atoms with Crippen LogP contribution in [0.5, 0.6) is 0 Å². The maximum Gasteiger partial charge on any atom is 0.251 e. The number of nitrogens with one attached hydrogen (secondary N) is 2. The summed E-state index contributed by atoms with van der Waals surface area (Å²) in [6, 6.07) is 3.60. The predicted molar refractivity (Wildman–Crippen MR) is 82.7 cm³/mol. The molecule has 1 aliphatic heterocycles. The lowest BCUT2D eigenvalue weighted by molar-refractivity contribution is 0.0383. The van der Waals surface area contributed by atoms with Gasteiger partial charge in [0.25, 0.3) is 5.91 Å². The van der Waals surface area contributed by atoms with Crippen LogP contribution in [0.1, 0.15) is 23.0 Å². The van der Waals surface area contributed by atoms with Crippen LogP contribution in [0.25, 0.3) is 0 Å². The van der Waals surface area contributed by atoms with E-state index in [4.69, 9.17) is 4.74 Å². The van der Waals surface area contributed by atoms with E-state index in [9.17, 15) is 4.79 Å². The van der Waals surface area contributed by atoms with Crippen molar-refractivity contribution in [3.05, 3.63) is 23.4 Å². The summed E-state index contributed by atoms with van der Waals surface area (Å²) >= 11 is 0. The molecule has 0 aliphatic carbocycles. The van der Waals surface area contributed by atoms with Gasteiger partial charge in [-0.1, -0.05) is 0 Å². The van der Waals surface area contributed by atoms with Crippen LogP contribution in [-0.2, 0) is 4.74 Å². The Hall–Kier alpha value is -1.66. The third-order valence-electron chi connectivity index (χ3n) is 3.39. The summed E-state index contributed by atoms with van der Waals surface area (Å²) in [6.45, 7) is 9.64. The number of pyridine rings is 1. The molecule has 0 atom stereocenters. The van der Waals surface area contributed by atoms with E-state index in [2.05, 4.69) is 20.5 Å². The van der Waals surface area contributed by atoms with Gasteiger partial charge in [0.15, 0.2) is 0 Å². The highest BCUT2D eigenvalue weighted by atomic mass is 16.5. The number of hydrogen-bond acceptors (Lipinski definition) is 5. The minimum absolute atomic E-state index is 0.0482. The van der Waals surface area contributed by atoms with Crippen LogP contribution in [-0.4, -0.2) is 61.7 Å². The second-order valence-electron chi connectivity index (χ2n) is 5.12. The Labute approximate surface area is 125 Å². The maximum atomic E-state index is 12.2. The molecule has 21 heavy (non-hydrogen) atoms. The van der Waals surface area contributed by atoms with E-state index in [0.717, 1.165) is 50.9 Å². The molecule has 2 N–H and O–H groups in total. The lowest BCUT2D eigenvalue weighted by Gasteiger charge is -2.26. The van der Waals surface area contributed by atoms with Gasteiger partial charge in [0, 0.05) is 44.0 Å². The molecule has 1 saturated heterocycles. The van der Waals surface area contributed by atoms with Crippen molar-refractivity contribution >= 4 is 11.7 Å². The van der Waals surface area contributed by atoms with Crippen LogP contribution in [0, 0.1) is 6.92 Å². The Bertz CT molecular complexity index is 473. The maximum absolute atomic E-state index is 12.2. The van der Waals surface area contributed by atoms with Crippen molar-refractivity contribution in [3.8, 4) is 0 Å². The van der Waals surface area contributed by atoms with E-state index < -0.39 is 0 Å². The Balaban J connectivity index is 1.84. The summed E-state index contributed by atoms with van der Waals surface area (Å²) in [6.07, 6.45) is 0. The molecule has 116 valence electrons. The van der Waals surface area contributed by atoms with Crippen LogP contribution in [0.3, 0.4) is 0 Å². The summed E-state index contributed by atoms with van der Waals surface area (Å²) in [5, 5.41) is 6.10. The largest absolute Gasteiger partial charge is 0.379 e. The van der Waals surface area contributed by atoms with Crippen molar-refractivity contribution in [3.63, 3.8) is 0 Å². The van der Waals surface area contributed by atoms with Crippen LogP contribution in [0.2, 0.25) is 0 Å². The second kappa shape index (κ2) is 7.95. The summed E-state index contributed by atoms with van der Waals surface area (Å²) in [5.74, 6) is 0.698. The van der Waals surface area contributed by atoms with Gasteiger partial charge in [-0.2, -0.15) is 0 Å². The highest BCUT2D eigenvalue weighted by Crippen LogP contribution is 2.10. The topological polar surface area (TPSA) is 66.5 Å². The van der Waals surface area contributed by atoms with E-state index in [0.29, 0.717) is 12.1 Å². The number of hydrogen-bond donors (Lipinski definition) is 2. The lowest BCUT2D eigenvalue weighted by Crippen LogP contribution is -2.41. The highest BCUT2D eigenvalue weighted by molar-refractivity contribution is 5.95. The van der Waals surface area contributed by atoms with Gasteiger partial charge in [0.2, 0.25) is 0 Å². The van der Waals surface area contributed by atoms with Crippen molar-refractivity contribution in [1.29, 1.82) is 0 Å². The number of ether oxygens (including phenoxy) is 1. The number of carbonyl (C=O) groups is 1. The minimum Gasteiger partial charge on any atom is -0.379 e. The van der Waals surface area contributed by atoms with Crippen molar-refractivity contribution in [1.82, 2.24) is 15.2 Å². The second-order valence-corrected chi connectivity index (χ2v) is 5.12. The molecule has 2 rings (SSSR count). The van der Waals surface area contributed by atoms with Crippen molar-refractivity contribution in [2.45, 2.75) is 13.8 Å². The summed E-state index contributed by atoms with van der Waals surface area (Å²) in [4.78, 5) is 18.8. The zero-order valence-corrected chi connectivity index (χ0v) is 12.8. The Morgan fingerprint density at radius 3 is 2.86 bits per heavy atom. The molecule has 0 bridgehead atoms. The van der Waals surface area contributed by atoms with Gasteiger partial charge in [0.1, 0.15) is 5.82 Å². The molecule has 6 nitrogen and oxygen atoms in total. The van der Waals surface area contributed by atoms with Gasteiger partial charge in [0.05, 0.1) is 13.2 Å². The summed E-state index contributed by atoms with van der Waals surface area (Å²) in [5.41, 5.74) is 1.49. The standard InChI is InChI=1S/C15H24N4O2/c1-3-16-14-11-13(10-12(2)18-14)15(20)17-4-5-19-6-8-21-9-7-19/h10-11H,3-9H2,1-2H3,(H,16,18)(H,17,20).